The van der Waals surface area contributed by atoms with E-state index in [1.54, 1.807) is 18.2 Å². The summed E-state index contributed by atoms with van der Waals surface area (Å²) in [6, 6.07) is 8.02. The first-order chi connectivity index (χ1) is 8.37. The van der Waals surface area contributed by atoms with E-state index in [4.69, 9.17) is 0 Å². The van der Waals surface area contributed by atoms with Crippen molar-refractivity contribution in [3.63, 3.8) is 0 Å². The van der Waals surface area contributed by atoms with E-state index in [0.717, 1.165) is 12.0 Å². The molecule has 0 amide bonds. The molecule has 0 saturated heterocycles. The molecule has 0 aliphatic heterocycles. The summed E-state index contributed by atoms with van der Waals surface area (Å²) in [5, 5.41) is -0.366. The van der Waals surface area contributed by atoms with Crippen molar-refractivity contribution in [1.82, 2.24) is 4.31 Å². The zero-order chi connectivity index (χ0) is 13.8. The Bertz CT molecular complexity index is 463. The Balaban J connectivity index is 2.90. The van der Waals surface area contributed by atoms with E-state index in [1.165, 1.54) is 5.56 Å². The Morgan fingerprint density at radius 1 is 1.17 bits per heavy atom. The van der Waals surface area contributed by atoms with Gasteiger partial charge in [-0.15, -0.1) is 0 Å². The Labute approximate surface area is 111 Å². The van der Waals surface area contributed by atoms with Gasteiger partial charge in [-0.2, -0.15) is 4.31 Å². The zero-order valence-corrected chi connectivity index (χ0v) is 12.5. The highest BCUT2D eigenvalue weighted by molar-refractivity contribution is 7.89. The monoisotopic (exact) mass is 269 g/mol. The first kappa shape index (κ1) is 15.2. The predicted molar refractivity (Wildman–Crippen MR) is 75.9 cm³/mol. The molecule has 1 rings (SSSR count). The van der Waals surface area contributed by atoms with Gasteiger partial charge in [0.1, 0.15) is 0 Å². The van der Waals surface area contributed by atoms with Crippen LogP contribution in [-0.2, 0) is 16.6 Å². The molecule has 4 heteroatoms. The van der Waals surface area contributed by atoms with E-state index in [1.807, 2.05) is 38.1 Å². The Morgan fingerprint density at radius 3 is 2.17 bits per heavy atom. The maximum absolute atomic E-state index is 12.2. The summed E-state index contributed by atoms with van der Waals surface area (Å²) in [5.74, 6) is 0. The molecule has 1 aromatic rings. The van der Waals surface area contributed by atoms with E-state index in [9.17, 15) is 8.42 Å². The summed E-state index contributed by atoms with van der Waals surface area (Å²) in [6.07, 6.45) is 0.831. The number of aryl methyl sites for hydroxylation is 1. The fourth-order valence-electron chi connectivity index (χ4n) is 1.74. The van der Waals surface area contributed by atoms with Crippen LogP contribution in [0.25, 0.3) is 0 Å². The molecule has 0 unspecified atom stereocenters. The highest BCUT2D eigenvalue weighted by Gasteiger charge is 2.24. The van der Waals surface area contributed by atoms with Crippen molar-refractivity contribution in [2.75, 3.05) is 6.54 Å². The fourth-order valence-corrected chi connectivity index (χ4v) is 3.10. The van der Waals surface area contributed by atoms with E-state index in [0.29, 0.717) is 13.1 Å². The van der Waals surface area contributed by atoms with Crippen LogP contribution in [0.2, 0.25) is 0 Å². The summed E-state index contributed by atoms with van der Waals surface area (Å²) >= 11 is 0. The quantitative estimate of drug-likeness (QED) is 0.796. The van der Waals surface area contributed by atoms with Crippen LogP contribution in [0.5, 0.6) is 0 Å². The van der Waals surface area contributed by atoms with Crippen LogP contribution in [0.15, 0.2) is 24.3 Å². The van der Waals surface area contributed by atoms with Crippen molar-refractivity contribution in [1.29, 1.82) is 0 Å². The average Bonchev–Trinajstić information content (AvgIpc) is 2.31. The van der Waals surface area contributed by atoms with Crippen molar-refractivity contribution in [3.05, 3.63) is 35.4 Å². The number of hydrogen-bond acceptors (Lipinski definition) is 2. The van der Waals surface area contributed by atoms with E-state index >= 15 is 0 Å². The third-order valence-electron chi connectivity index (χ3n) is 2.91. The summed E-state index contributed by atoms with van der Waals surface area (Å²) in [7, 11) is -3.18. The third kappa shape index (κ3) is 3.82. The largest absolute Gasteiger partial charge is 0.216 e. The highest BCUT2D eigenvalue weighted by Crippen LogP contribution is 2.14. The van der Waals surface area contributed by atoms with Crippen molar-refractivity contribution in [2.45, 2.75) is 45.9 Å². The molecule has 0 radical (unpaired) electrons. The lowest BCUT2D eigenvalue weighted by Gasteiger charge is -2.24. The standard InChI is InChI=1S/C14H23NO2S/c1-5-10-15(18(16,17)12(2)3)11-14-8-6-13(4)7-9-14/h6-9,12H,5,10-11H2,1-4H3. The molecular weight excluding hydrogens is 246 g/mol. The minimum absolute atomic E-state index is 0.366. The molecule has 0 aliphatic carbocycles. The Morgan fingerprint density at radius 2 is 1.72 bits per heavy atom. The van der Waals surface area contributed by atoms with Crippen molar-refractivity contribution in [2.24, 2.45) is 0 Å². The fraction of sp³-hybridized carbons (Fsp3) is 0.571. The maximum Gasteiger partial charge on any atom is 0.216 e. The smallest absolute Gasteiger partial charge is 0.212 e. The van der Waals surface area contributed by atoms with Crippen molar-refractivity contribution < 1.29 is 8.42 Å². The number of hydrogen-bond donors (Lipinski definition) is 0. The van der Waals surface area contributed by atoms with Gasteiger partial charge in [-0.05, 0) is 32.8 Å². The van der Waals surface area contributed by atoms with Gasteiger partial charge >= 0.3 is 0 Å². The number of sulfonamides is 1. The molecule has 0 saturated carbocycles. The van der Waals surface area contributed by atoms with Gasteiger partial charge in [0.05, 0.1) is 5.25 Å². The molecule has 0 aromatic heterocycles. The second-order valence-corrected chi connectivity index (χ2v) is 7.40. The molecule has 0 fully saturated rings. The summed E-state index contributed by atoms with van der Waals surface area (Å²) in [4.78, 5) is 0. The third-order valence-corrected chi connectivity index (χ3v) is 5.13. The van der Waals surface area contributed by atoms with Crippen LogP contribution in [-0.4, -0.2) is 24.5 Å². The van der Waals surface area contributed by atoms with Gasteiger partial charge < -0.3 is 0 Å². The topological polar surface area (TPSA) is 37.4 Å². The summed E-state index contributed by atoms with van der Waals surface area (Å²) in [6.45, 7) is 8.53. The lowest BCUT2D eigenvalue weighted by molar-refractivity contribution is 0.401. The van der Waals surface area contributed by atoms with Crippen LogP contribution >= 0.6 is 0 Å². The van der Waals surface area contributed by atoms with Crippen LogP contribution in [0.3, 0.4) is 0 Å². The second-order valence-electron chi connectivity index (χ2n) is 4.91. The first-order valence-electron chi connectivity index (χ1n) is 6.42. The molecule has 0 heterocycles. The van der Waals surface area contributed by atoms with Gasteiger partial charge in [0, 0.05) is 13.1 Å². The minimum Gasteiger partial charge on any atom is -0.212 e. The SMILES string of the molecule is CCCN(Cc1ccc(C)cc1)S(=O)(=O)C(C)C. The number of rotatable bonds is 6. The van der Waals surface area contributed by atoms with E-state index < -0.39 is 10.0 Å². The molecule has 0 spiro atoms. The molecule has 0 aliphatic rings. The average molecular weight is 269 g/mol. The molecule has 18 heavy (non-hydrogen) atoms. The lowest BCUT2D eigenvalue weighted by atomic mass is 10.1. The van der Waals surface area contributed by atoms with Crippen molar-refractivity contribution in [3.8, 4) is 0 Å². The zero-order valence-electron chi connectivity index (χ0n) is 11.7. The summed E-state index contributed by atoms with van der Waals surface area (Å²) in [5.41, 5.74) is 2.23. The van der Waals surface area contributed by atoms with Crippen LogP contribution in [0.1, 0.15) is 38.3 Å². The first-order valence-corrected chi connectivity index (χ1v) is 7.92. The molecule has 1 aromatic carbocycles. The molecule has 0 N–H and O–H groups in total. The number of benzene rings is 1. The number of nitrogens with zero attached hydrogens (tertiary/aromatic N) is 1. The van der Waals surface area contributed by atoms with E-state index in [2.05, 4.69) is 0 Å². The summed E-state index contributed by atoms with van der Waals surface area (Å²) < 4.78 is 26.0. The molecule has 0 bridgehead atoms. The molecule has 102 valence electrons. The second kappa shape index (κ2) is 6.34. The van der Waals surface area contributed by atoms with E-state index in [-0.39, 0.29) is 5.25 Å². The molecule has 3 nitrogen and oxygen atoms in total. The van der Waals surface area contributed by atoms with Gasteiger partial charge in [0.25, 0.3) is 0 Å². The van der Waals surface area contributed by atoms with Crippen LogP contribution in [0.4, 0.5) is 0 Å². The lowest BCUT2D eigenvalue weighted by Crippen LogP contribution is -2.36. The van der Waals surface area contributed by atoms with Gasteiger partial charge in [0.15, 0.2) is 0 Å². The molecule has 0 atom stereocenters. The maximum atomic E-state index is 12.2. The van der Waals surface area contributed by atoms with Gasteiger partial charge in [-0.3, -0.25) is 0 Å². The highest BCUT2D eigenvalue weighted by atomic mass is 32.2. The van der Waals surface area contributed by atoms with Gasteiger partial charge in [-0.1, -0.05) is 36.8 Å². The Kier molecular flexibility index (Phi) is 5.35. The Hall–Kier alpha value is -0.870. The predicted octanol–water partition coefficient (Wildman–Crippen LogP) is 2.95. The minimum atomic E-state index is -3.18. The van der Waals surface area contributed by atoms with Gasteiger partial charge in [0.2, 0.25) is 10.0 Å². The van der Waals surface area contributed by atoms with Gasteiger partial charge in [-0.25, -0.2) is 8.42 Å². The van der Waals surface area contributed by atoms with Crippen LogP contribution in [0, 0.1) is 6.92 Å². The molecular formula is C14H23NO2S. The van der Waals surface area contributed by atoms with Crippen molar-refractivity contribution >= 4 is 10.0 Å². The van der Waals surface area contributed by atoms with Crippen LogP contribution < -0.4 is 0 Å². The normalized spacial score (nSPS) is 12.3.